The van der Waals surface area contributed by atoms with Crippen molar-refractivity contribution in [1.29, 1.82) is 0 Å². The van der Waals surface area contributed by atoms with Crippen LogP contribution in [0.2, 0.25) is 0 Å². The minimum absolute atomic E-state index is 0.0739. The van der Waals surface area contributed by atoms with E-state index in [-0.39, 0.29) is 24.7 Å². The Morgan fingerprint density at radius 3 is 2.52 bits per heavy atom. The maximum absolute atomic E-state index is 15.1. The number of carbonyl (C=O) groups excluding carboxylic acids is 1. The summed E-state index contributed by atoms with van der Waals surface area (Å²) in [5.41, 5.74) is -0.301. The summed E-state index contributed by atoms with van der Waals surface area (Å²) in [6.07, 6.45) is -0.279. The molecule has 2 fully saturated rings. The number of rotatable bonds is 2. The standard InChI is InChI=1S/C20H27BFNO6/c1-11-13(21-28-19(2,3)20(4,5)29-21)8-12-17(16(11)22)27-10-23(18(12)25)14-9-26-7-6-15(14)24/h8,14-15,24H,6-7,9-10H2,1-5H3/t14-,15-/m0/s1. The number of halogens is 1. The molecule has 29 heavy (non-hydrogen) atoms. The van der Waals surface area contributed by atoms with Gasteiger partial charge in [-0.05, 0) is 58.1 Å². The molecule has 158 valence electrons. The SMILES string of the molecule is Cc1c(B2OC(C)(C)C(C)(C)O2)cc2c(c1F)OCN([C@H]1COCC[C@@H]1O)C2=O. The topological polar surface area (TPSA) is 77.5 Å². The molecule has 4 rings (SSSR count). The lowest BCUT2D eigenvalue weighted by atomic mass is 9.75. The van der Waals surface area contributed by atoms with Crippen molar-refractivity contribution in [3.8, 4) is 5.75 Å². The maximum atomic E-state index is 15.1. The minimum atomic E-state index is -0.799. The van der Waals surface area contributed by atoms with E-state index in [0.29, 0.717) is 24.1 Å². The smallest absolute Gasteiger partial charge is 0.469 e. The first-order valence-electron chi connectivity index (χ1n) is 9.91. The van der Waals surface area contributed by atoms with Gasteiger partial charge in [0.15, 0.2) is 18.3 Å². The highest BCUT2D eigenvalue weighted by Crippen LogP contribution is 2.38. The largest absolute Gasteiger partial charge is 0.495 e. The number of fused-ring (bicyclic) bond motifs is 1. The molecule has 0 aromatic heterocycles. The van der Waals surface area contributed by atoms with Crippen LogP contribution in [0.4, 0.5) is 4.39 Å². The number of benzene rings is 1. The van der Waals surface area contributed by atoms with Crippen LogP contribution in [-0.4, -0.2) is 66.3 Å². The molecule has 1 N–H and O–H groups in total. The molecular weight excluding hydrogens is 380 g/mol. The molecule has 2 atom stereocenters. The van der Waals surface area contributed by atoms with Gasteiger partial charge in [0.05, 0.1) is 35.5 Å². The van der Waals surface area contributed by atoms with Crippen LogP contribution >= 0.6 is 0 Å². The highest BCUT2D eigenvalue weighted by atomic mass is 19.1. The number of hydrogen-bond donors (Lipinski definition) is 1. The highest BCUT2D eigenvalue weighted by Gasteiger charge is 2.53. The summed E-state index contributed by atoms with van der Waals surface area (Å²) in [4.78, 5) is 14.6. The van der Waals surface area contributed by atoms with Gasteiger partial charge >= 0.3 is 7.12 Å². The van der Waals surface area contributed by atoms with Gasteiger partial charge in [-0.1, -0.05) is 0 Å². The zero-order valence-corrected chi connectivity index (χ0v) is 17.5. The van der Waals surface area contributed by atoms with E-state index < -0.39 is 42.2 Å². The monoisotopic (exact) mass is 407 g/mol. The van der Waals surface area contributed by atoms with Gasteiger partial charge in [-0.25, -0.2) is 4.39 Å². The molecule has 7 nitrogen and oxygen atoms in total. The van der Waals surface area contributed by atoms with Gasteiger partial charge in [-0.3, -0.25) is 9.69 Å². The molecule has 0 radical (unpaired) electrons. The maximum Gasteiger partial charge on any atom is 0.495 e. The Morgan fingerprint density at radius 1 is 1.24 bits per heavy atom. The molecule has 0 saturated carbocycles. The molecule has 3 aliphatic rings. The highest BCUT2D eigenvalue weighted by molar-refractivity contribution is 6.62. The van der Waals surface area contributed by atoms with Crippen LogP contribution in [0, 0.1) is 12.7 Å². The van der Waals surface area contributed by atoms with Crippen molar-refractivity contribution in [2.45, 2.75) is 64.4 Å². The third kappa shape index (κ3) is 3.24. The Labute approximate surface area is 170 Å². The van der Waals surface area contributed by atoms with Gasteiger partial charge in [-0.2, -0.15) is 0 Å². The normalized spacial score (nSPS) is 28.3. The second-order valence-corrected chi connectivity index (χ2v) is 8.92. The Hall–Kier alpha value is -1.68. The predicted octanol–water partition coefficient (Wildman–Crippen LogP) is 1.38. The van der Waals surface area contributed by atoms with Gasteiger partial charge in [0.25, 0.3) is 5.91 Å². The van der Waals surface area contributed by atoms with Crippen molar-refractivity contribution in [2.75, 3.05) is 19.9 Å². The van der Waals surface area contributed by atoms with E-state index in [1.54, 1.807) is 13.0 Å². The fraction of sp³-hybridized carbons (Fsp3) is 0.650. The van der Waals surface area contributed by atoms with Crippen LogP contribution < -0.4 is 10.2 Å². The summed E-state index contributed by atoms with van der Waals surface area (Å²) < 4.78 is 38.2. The third-order valence-corrected chi connectivity index (χ3v) is 6.54. The molecule has 1 aromatic carbocycles. The Kier molecular flexibility index (Phi) is 4.93. The summed E-state index contributed by atoms with van der Waals surface area (Å²) in [6.45, 7) is 9.79. The molecule has 0 unspecified atom stereocenters. The Bertz CT molecular complexity index is 829. The van der Waals surface area contributed by atoms with Crippen molar-refractivity contribution in [2.24, 2.45) is 0 Å². The van der Waals surface area contributed by atoms with E-state index in [0.717, 1.165) is 0 Å². The first-order valence-corrected chi connectivity index (χ1v) is 9.91. The van der Waals surface area contributed by atoms with Gasteiger partial charge in [0.2, 0.25) is 0 Å². The van der Waals surface area contributed by atoms with Crippen LogP contribution in [0.1, 0.15) is 50.0 Å². The number of ether oxygens (including phenoxy) is 2. The van der Waals surface area contributed by atoms with E-state index in [2.05, 4.69) is 0 Å². The molecule has 0 bridgehead atoms. The van der Waals surface area contributed by atoms with Crippen molar-refractivity contribution < 1.29 is 33.1 Å². The fourth-order valence-electron chi connectivity index (χ4n) is 3.86. The zero-order chi connectivity index (χ0) is 21.1. The zero-order valence-electron chi connectivity index (χ0n) is 17.5. The molecule has 1 aromatic rings. The second-order valence-electron chi connectivity index (χ2n) is 8.92. The van der Waals surface area contributed by atoms with Gasteiger partial charge in [-0.15, -0.1) is 0 Å². The lowest BCUT2D eigenvalue weighted by molar-refractivity contribution is -0.0700. The minimum Gasteiger partial charge on any atom is -0.469 e. The van der Waals surface area contributed by atoms with E-state index >= 15 is 4.39 Å². The van der Waals surface area contributed by atoms with Crippen LogP contribution in [0.15, 0.2) is 6.07 Å². The molecule has 9 heteroatoms. The quantitative estimate of drug-likeness (QED) is 0.747. The first-order chi connectivity index (χ1) is 13.5. The average Bonchev–Trinajstić information content (AvgIpc) is 2.86. The Balaban J connectivity index is 1.70. The number of aliphatic hydroxyl groups is 1. The van der Waals surface area contributed by atoms with Gasteiger partial charge in [0.1, 0.15) is 0 Å². The molecule has 3 aliphatic heterocycles. The number of amides is 1. The molecule has 2 saturated heterocycles. The van der Waals surface area contributed by atoms with Crippen molar-refractivity contribution in [3.05, 3.63) is 23.0 Å². The summed E-state index contributed by atoms with van der Waals surface area (Å²) >= 11 is 0. The van der Waals surface area contributed by atoms with Gasteiger partial charge in [0, 0.05) is 6.61 Å². The third-order valence-electron chi connectivity index (χ3n) is 6.54. The number of carbonyl (C=O) groups is 1. The van der Waals surface area contributed by atoms with Gasteiger partial charge < -0.3 is 23.9 Å². The summed E-state index contributed by atoms with van der Waals surface area (Å²) in [5, 5.41) is 10.3. The summed E-state index contributed by atoms with van der Waals surface area (Å²) in [6, 6.07) is 1.05. The number of nitrogens with zero attached hydrogens (tertiary/aromatic N) is 1. The van der Waals surface area contributed by atoms with E-state index in [1.165, 1.54) is 4.90 Å². The molecule has 0 spiro atoms. The van der Waals surface area contributed by atoms with Crippen molar-refractivity contribution >= 4 is 18.5 Å². The van der Waals surface area contributed by atoms with E-state index in [4.69, 9.17) is 18.8 Å². The first kappa shape index (κ1) is 20.6. The van der Waals surface area contributed by atoms with Crippen LogP contribution in [0.5, 0.6) is 5.75 Å². The van der Waals surface area contributed by atoms with E-state index in [1.807, 2.05) is 27.7 Å². The van der Waals surface area contributed by atoms with Crippen LogP contribution in [0.3, 0.4) is 0 Å². The fourth-order valence-corrected chi connectivity index (χ4v) is 3.86. The predicted molar refractivity (Wildman–Crippen MR) is 104 cm³/mol. The van der Waals surface area contributed by atoms with Crippen LogP contribution in [-0.2, 0) is 14.0 Å². The Morgan fingerprint density at radius 2 is 1.90 bits per heavy atom. The van der Waals surface area contributed by atoms with Crippen molar-refractivity contribution in [3.63, 3.8) is 0 Å². The van der Waals surface area contributed by atoms with E-state index in [9.17, 15) is 9.90 Å². The molecule has 0 aliphatic carbocycles. The lowest BCUT2D eigenvalue weighted by Gasteiger charge is -2.39. The molecule has 1 amide bonds. The summed E-state index contributed by atoms with van der Waals surface area (Å²) in [5.74, 6) is -1.08. The summed E-state index contributed by atoms with van der Waals surface area (Å²) in [7, 11) is -0.799. The number of aliphatic hydroxyl groups excluding tert-OH is 1. The molecule has 3 heterocycles. The van der Waals surface area contributed by atoms with Crippen LogP contribution in [0.25, 0.3) is 0 Å². The average molecular weight is 407 g/mol. The lowest BCUT2D eigenvalue weighted by Crippen LogP contribution is -2.55. The number of hydrogen-bond acceptors (Lipinski definition) is 6. The second kappa shape index (κ2) is 6.94. The van der Waals surface area contributed by atoms with Crippen molar-refractivity contribution in [1.82, 2.24) is 4.90 Å². The molecular formula is C20H27BFNO6.